The van der Waals surface area contributed by atoms with E-state index in [9.17, 15) is 0 Å². The summed E-state index contributed by atoms with van der Waals surface area (Å²) in [5, 5.41) is 9.77. The fourth-order valence-electron chi connectivity index (χ4n) is 20.8. The topological polar surface area (TPSA) is 110 Å². The zero-order valence-corrected chi connectivity index (χ0v) is 80.5. The molecule has 0 saturated carbocycles. The lowest BCUT2D eigenvalue weighted by Crippen LogP contribution is -2.01. The molecule has 0 bridgehead atoms. The van der Waals surface area contributed by atoms with E-state index in [0.29, 0.717) is 11.6 Å². The molecule has 0 amide bonds. The van der Waals surface area contributed by atoms with Crippen molar-refractivity contribution < 1.29 is 0 Å². The van der Waals surface area contributed by atoms with Crippen molar-refractivity contribution >= 4 is 87.2 Å². The van der Waals surface area contributed by atoms with Crippen molar-refractivity contribution in [1.82, 2.24) is 53.2 Å². The Morgan fingerprint density at radius 2 is 0.338 bits per heavy atom. The number of pyridine rings is 3. The number of benzene rings is 19. The van der Waals surface area contributed by atoms with Gasteiger partial charge < -0.3 is 9.13 Å². The molecule has 11 nitrogen and oxygen atoms in total. The van der Waals surface area contributed by atoms with E-state index in [2.05, 4.69) is 479 Å². The number of hydrogen-bond donors (Lipinski definition) is 0. The smallest absolute Gasteiger partial charge is 0.160 e. The van der Waals surface area contributed by atoms with Crippen LogP contribution in [0.5, 0.6) is 0 Å². The maximum Gasteiger partial charge on any atom is 0.160 e. The van der Waals surface area contributed by atoms with E-state index < -0.39 is 0 Å². The zero-order valence-electron chi connectivity index (χ0n) is 80.5. The molecule has 0 aliphatic carbocycles. The largest absolute Gasteiger partial charge is 0.309 e. The number of fused-ring (bicyclic) bond motifs is 12. The van der Waals surface area contributed by atoms with Crippen molar-refractivity contribution in [2.45, 2.75) is 0 Å². The molecule has 0 unspecified atom stereocenters. The number of para-hydroxylation sites is 4. The minimum Gasteiger partial charge on any atom is -0.309 e. The van der Waals surface area contributed by atoms with Crippen LogP contribution in [0.25, 0.3) is 256 Å². The van der Waals surface area contributed by atoms with Gasteiger partial charge in [0.05, 0.1) is 89.7 Å². The van der Waals surface area contributed by atoms with Crippen LogP contribution < -0.4 is 0 Å². The molecule has 28 aromatic rings. The van der Waals surface area contributed by atoms with Crippen LogP contribution in [0.1, 0.15) is 0 Å². The predicted molar refractivity (Wildman–Crippen MR) is 612 cm³/mol. The lowest BCUT2D eigenvalue weighted by atomic mass is 10.0. The maximum absolute atomic E-state index is 5.35. The molecule has 0 spiro atoms. The van der Waals surface area contributed by atoms with E-state index in [-0.39, 0.29) is 0 Å². The minimum atomic E-state index is 0.669. The van der Waals surface area contributed by atoms with E-state index in [1.54, 1.807) is 0 Å². The number of rotatable bonds is 17. The highest BCUT2D eigenvalue weighted by Crippen LogP contribution is 2.44. The van der Waals surface area contributed by atoms with E-state index in [1.165, 1.54) is 110 Å². The van der Waals surface area contributed by atoms with Gasteiger partial charge in [0.2, 0.25) is 0 Å². The molecule has 148 heavy (non-hydrogen) atoms. The van der Waals surface area contributed by atoms with Gasteiger partial charge >= 0.3 is 0 Å². The third kappa shape index (κ3) is 17.0. The van der Waals surface area contributed by atoms with Gasteiger partial charge in [0.15, 0.2) is 11.6 Å². The van der Waals surface area contributed by atoms with Crippen molar-refractivity contribution in [2.24, 2.45) is 0 Å². The van der Waals surface area contributed by atoms with Crippen LogP contribution in [-0.2, 0) is 0 Å². The molecule has 28 rings (SSSR count). The van der Waals surface area contributed by atoms with Gasteiger partial charge in [-0.1, -0.05) is 406 Å². The summed E-state index contributed by atoms with van der Waals surface area (Å²) in [7, 11) is 0. The zero-order chi connectivity index (χ0) is 98.2. The minimum absolute atomic E-state index is 0.669. The molecular formula is C137H91N11. The van der Waals surface area contributed by atoms with Crippen molar-refractivity contribution in [3.63, 3.8) is 0 Å². The Kier molecular flexibility index (Phi) is 23.1. The first-order valence-corrected chi connectivity index (χ1v) is 50.0. The van der Waals surface area contributed by atoms with Crippen LogP contribution in [0.2, 0.25) is 0 Å². The maximum atomic E-state index is 5.35. The highest BCUT2D eigenvalue weighted by molar-refractivity contribution is 6.15. The SMILES string of the molecule is c1ccc(-c2ccc3c(c2)c2cc(-c4ccccc4)ccc2n3-c2cccc(-c3cc(-c4ccccc4)nc(-c4ccccc4)c3)n2)cc1.c1ccc(-c2ccc3c(c2)c2cc(-c4ccccc4)ccc2n3-c2cccc(-c3cc(-c4ccccc4)nc(-c4ccccc4)n3)n2)cc1.c1ccc(-c2nc(-c3ccc(-n4c5ccccc5c5ccccc54)cc3)cc(-c3ccc(-n4c5ccccc5c5ccccc54)cc3)n2)cc1. The first kappa shape index (κ1) is 88.2. The van der Waals surface area contributed by atoms with Gasteiger partial charge in [-0.2, -0.15) is 0 Å². The summed E-state index contributed by atoms with van der Waals surface area (Å²) in [6.45, 7) is 0. The van der Waals surface area contributed by atoms with Gasteiger partial charge in [-0.05, 0) is 190 Å². The average Bonchev–Trinajstić information content (AvgIpc) is 1.57. The highest BCUT2D eigenvalue weighted by Gasteiger charge is 2.24. The van der Waals surface area contributed by atoms with E-state index in [0.717, 1.165) is 135 Å². The second-order valence-corrected chi connectivity index (χ2v) is 37.0. The van der Waals surface area contributed by atoms with Crippen LogP contribution in [0.15, 0.2) is 552 Å². The Morgan fingerprint density at radius 1 is 0.108 bits per heavy atom. The Balaban J connectivity index is 0.000000112. The summed E-state index contributed by atoms with van der Waals surface area (Å²) in [5.74, 6) is 3.08. The predicted octanol–water partition coefficient (Wildman–Crippen LogP) is 34.9. The van der Waals surface area contributed by atoms with Crippen LogP contribution in [0.3, 0.4) is 0 Å². The molecule has 0 radical (unpaired) electrons. The summed E-state index contributed by atoms with van der Waals surface area (Å²) in [5.41, 5.74) is 36.1. The van der Waals surface area contributed by atoms with Gasteiger partial charge in [0, 0.05) is 99.0 Å². The fraction of sp³-hybridized carbons (Fsp3) is 0. The number of hydrogen-bond acceptors (Lipinski definition) is 7. The summed E-state index contributed by atoms with van der Waals surface area (Å²) in [6.07, 6.45) is 0. The normalized spacial score (nSPS) is 11.4. The Morgan fingerprint density at radius 3 is 0.649 bits per heavy atom. The first-order valence-electron chi connectivity index (χ1n) is 50.0. The fourth-order valence-corrected chi connectivity index (χ4v) is 20.8. The lowest BCUT2D eigenvalue weighted by molar-refractivity contribution is 1.07. The monoisotopic (exact) mass is 1890 g/mol. The number of nitrogens with zero attached hydrogens (tertiary/aromatic N) is 11. The number of aromatic nitrogens is 11. The second-order valence-electron chi connectivity index (χ2n) is 37.0. The molecule has 0 fully saturated rings. The molecule has 0 saturated heterocycles. The van der Waals surface area contributed by atoms with Gasteiger partial charge in [-0.3, -0.25) is 9.13 Å². The summed E-state index contributed by atoms with van der Waals surface area (Å²) < 4.78 is 9.26. The van der Waals surface area contributed by atoms with E-state index in [1.807, 2.05) is 91.0 Å². The summed E-state index contributed by atoms with van der Waals surface area (Å²) in [4.78, 5) is 36.0. The van der Waals surface area contributed by atoms with Crippen molar-refractivity contribution in [3.05, 3.63) is 552 Å². The standard InChI is InChI=1S/C46H30N4.C46H31N3.C45H30N4/c1-2-12-33(13-3-1)46-47-40(31-22-26-34(27-23-31)49-42-18-8-4-14-36(42)37-15-5-9-19-43(37)49)30-41(48-46)32-24-28-35(29-25-32)50-44-20-10-6-16-38(44)39-17-7-11-21-45(39)50;1-5-14-32(15-6-1)36-24-26-44-39(28-36)40-29-37(33-16-7-2-8-17-33)25-27-45(40)49(44)46-23-13-22-41(48-46)38-30-42(34-18-9-3-10-19-34)47-43(31-38)35-20-11-4-12-21-35;1-5-14-31(15-6-1)35-24-26-42-37(28-35)38-29-36(32-16-7-2-8-17-32)25-27-43(38)49(42)44-23-13-22-39(46-44)41-30-40(33-18-9-3-10-19-33)47-45(48-41)34-20-11-4-12-21-34/h1-30H;1-31H;1-30H. The van der Waals surface area contributed by atoms with Crippen LogP contribution in [0.4, 0.5) is 0 Å². The second kappa shape index (κ2) is 38.8. The quantitative estimate of drug-likeness (QED) is 0.0893. The van der Waals surface area contributed by atoms with Gasteiger partial charge in [-0.25, -0.2) is 34.9 Å². The Hall–Kier alpha value is -20.0. The third-order valence-corrected chi connectivity index (χ3v) is 28.0. The van der Waals surface area contributed by atoms with Crippen LogP contribution >= 0.6 is 0 Å². The van der Waals surface area contributed by atoms with Crippen LogP contribution in [-0.4, -0.2) is 53.2 Å². The molecule has 19 aromatic carbocycles. The Labute approximate surface area is 855 Å². The van der Waals surface area contributed by atoms with Gasteiger partial charge in [-0.15, -0.1) is 0 Å². The molecule has 0 atom stereocenters. The first-order chi connectivity index (χ1) is 73.4. The summed E-state index contributed by atoms with van der Waals surface area (Å²) >= 11 is 0. The molecule has 0 aliphatic heterocycles. The van der Waals surface area contributed by atoms with Crippen LogP contribution in [0, 0.1) is 0 Å². The third-order valence-electron chi connectivity index (χ3n) is 28.0. The highest BCUT2D eigenvalue weighted by atomic mass is 15.1. The lowest BCUT2D eigenvalue weighted by Gasteiger charge is -2.12. The van der Waals surface area contributed by atoms with Gasteiger partial charge in [0.1, 0.15) is 11.6 Å². The molecule has 9 heterocycles. The van der Waals surface area contributed by atoms with Crippen molar-refractivity contribution in [1.29, 1.82) is 0 Å². The molecule has 9 aromatic heterocycles. The Bertz CT molecular complexity index is 8830. The molecule has 0 N–H and O–H groups in total. The van der Waals surface area contributed by atoms with Crippen molar-refractivity contribution in [3.8, 4) is 169 Å². The molecule has 0 aliphatic rings. The van der Waals surface area contributed by atoms with Crippen molar-refractivity contribution in [2.75, 3.05) is 0 Å². The van der Waals surface area contributed by atoms with Gasteiger partial charge in [0.25, 0.3) is 0 Å². The molecule has 694 valence electrons. The average molecular weight is 1890 g/mol. The molecular weight excluding hydrogens is 1800 g/mol. The molecule has 11 heteroatoms. The van der Waals surface area contributed by atoms with E-state index >= 15 is 0 Å². The summed E-state index contributed by atoms with van der Waals surface area (Å²) in [6, 6.07) is 193. The van der Waals surface area contributed by atoms with E-state index in [4.69, 9.17) is 34.9 Å².